The quantitative estimate of drug-likeness (QED) is 0.386. The maximum atomic E-state index is 12.7. The number of hydrogen-bond acceptors (Lipinski definition) is 7. The van der Waals surface area contributed by atoms with E-state index in [0.29, 0.717) is 40.1 Å². The lowest BCUT2D eigenvalue weighted by molar-refractivity contribution is -0.156. The zero-order chi connectivity index (χ0) is 25.8. The van der Waals surface area contributed by atoms with Gasteiger partial charge < -0.3 is 29.3 Å². The molecule has 0 radical (unpaired) electrons. The summed E-state index contributed by atoms with van der Waals surface area (Å²) in [6.45, 7) is 3.43. The fourth-order valence-corrected chi connectivity index (χ4v) is 4.08. The Morgan fingerprint density at radius 2 is 1.94 bits per heavy atom. The van der Waals surface area contributed by atoms with E-state index in [1.807, 2.05) is 13.0 Å². The molecule has 10 heteroatoms. The topological polar surface area (TPSA) is 128 Å². The summed E-state index contributed by atoms with van der Waals surface area (Å²) in [6.07, 6.45) is 3.26. The van der Waals surface area contributed by atoms with Crippen LogP contribution >= 0.6 is 0 Å². The normalized spacial score (nSPS) is 13.6. The summed E-state index contributed by atoms with van der Waals surface area (Å²) >= 11 is 0. The van der Waals surface area contributed by atoms with Crippen molar-refractivity contribution in [1.82, 2.24) is 10.0 Å². The molecule has 1 aromatic heterocycles. The van der Waals surface area contributed by atoms with E-state index in [2.05, 4.69) is 15.6 Å². The molecule has 0 spiro atoms. The van der Waals surface area contributed by atoms with Gasteiger partial charge in [-0.15, -0.1) is 0 Å². The number of ether oxygens (including phenoxy) is 2. The van der Waals surface area contributed by atoms with Crippen LogP contribution in [0.3, 0.4) is 0 Å². The Hall–Kier alpha value is -4.21. The van der Waals surface area contributed by atoms with Crippen LogP contribution < -0.4 is 20.3 Å². The Kier molecular flexibility index (Phi) is 7.33. The number of anilines is 1. The highest BCUT2D eigenvalue weighted by Crippen LogP contribution is 2.41. The van der Waals surface area contributed by atoms with Crippen molar-refractivity contribution in [2.24, 2.45) is 5.92 Å². The highest BCUT2D eigenvalue weighted by atomic mass is 16.7. The molecule has 0 saturated heterocycles. The molecule has 4 rings (SSSR count). The van der Waals surface area contributed by atoms with Gasteiger partial charge in [0.05, 0.1) is 37.3 Å². The fourth-order valence-electron chi connectivity index (χ4n) is 4.08. The zero-order valence-corrected chi connectivity index (χ0v) is 20.4. The molecule has 1 aliphatic rings. The second-order valence-corrected chi connectivity index (χ2v) is 8.58. The van der Waals surface area contributed by atoms with Crippen molar-refractivity contribution in [2.45, 2.75) is 39.2 Å². The van der Waals surface area contributed by atoms with Crippen molar-refractivity contribution in [3.8, 4) is 17.4 Å². The minimum Gasteiger partial charge on any atom is -0.494 e. The molecule has 0 bridgehead atoms. The molecule has 3 aromatic rings. The molecule has 190 valence electrons. The maximum Gasteiger partial charge on any atom is 0.329 e. The van der Waals surface area contributed by atoms with Gasteiger partial charge >= 0.3 is 5.97 Å². The Bertz CT molecular complexity index is 1300. The van der Waals surface area contributed by atoms with E-state index in [1.54, 1.807) is 41.1 Å². The van der Waals surface area contributed by atoms with Crippen LogP contribution in [0.25, 0.3) is 10.8 Å². The van der Waals surface area contributed by atoms with Crippen LogP contribution in [0.1, 0.15) is 44.7 Å². The number of methoxy groups -OCH3 is 1. The number of hydrogen-bond donors (Lipinski definition) is 3. The van der Waals surface area contributed by atoms with E-state index >= 15 is 0 Å². The first-order valence-electron chi connectivity index (χ1n) is 11.7. The number of aromatic hydroxyl groups is 1. The molecule has 36 heavy (non-hydrogen) atoms. The molecule has 2 amide bonds. The number of amides is 2. The number of aromatic nitrogens is 1. The summed E-state index contributed by atoms with van der Waals surface area (Å²) in [7, 11) is 1.53. The van der Waals surface area contributed by atoms with Gasteiger partial charge in [-0.25, -0.2) is 0 Å². The van der Waals surface area contributed by atoms with Crippen LogP contribution in [0.15, 0.2) is 42.6 Å². The van der Waals surface area contributed by atoms with Crippen molar-refractivity contribution >= 4 is 34.2 Å². The maximum absolute atomic E-state index is 12.7. The lowest BCUT2D eigenvalue weighted by Gasteiger charge is -2.21. The minimum absolute atomic E-state index is 0.00140. The summed E-state index contributed by atoms with van der Waals surface area (Å²) in [5, 5.41) is 15.4. The fraction of sp³-hybridized carbons (Fsp3) is 0.346. The smallest absolute Gasteiger partial charge is 0.329 e. The van der Waals surface area contributed by atoms with Gasteiger partial charge in [-0.3, -0.25) is 14.4 Å². The standard InChI is InChI=1S/C26H29N3O7/c1-4-35-22-12-17(10-11-21(22)34-3)20(13-23(31)28-36-15(2)30)29-14-18-6-5-7-19(24(18)26(29)33)27-25(32)16-8-9-16/h5-7,10-12,14,16,20,33H,4,8-9,13H2,1-3H3,(H,27,32)(H,28,31)/t20-/m1/s1. The largest absolute Gasteiger partial charge is 0.494 e. The average molecular weight is 496 g/mol. The molecular formula is C26H29N3O7. The van der Waals surface area contributed by atoms with Gasteiger partial charge in [0.2, 0.25) is 11.8 Å². The first kappa shape index (κ1) is 24.9. The van der Waals surface area contributed by atoms with Crippen molar-refractivity contribution in [2.75, 3.05) is 19.0 Å². The van der Waals surface area contributed by atoms with Gasteiger partial charge in [0.15, 0.2) is 11.5 Å². The Morgan fingerprint density at radius 1 is 1.17 bits per heavy atom. The Morgan fingerprint density at radius 3 is 2.61 bits per heavy atom. The lowest BCUT2D eigenvalue weighted by Crippen LogP contribution is -2.28. The first-order valence-corrected chi connectivity index (χ1v) is 11.7. The van der Waals surface area contributed by atoms with E-state index in [1.165, 1.54) is 14.0 Å². The highest BCUT2D eigenvalue weighted by Gasteiger charge is 2.31. The van der Waals surface area contributed by atoms with E-state index in [4.69, 9.17) is 9.47 Å². The molecule has 1 saturated carbocycles. The summed E-state index contributed by atoms with van der Waals surface area (Å²) in [5.41, 5.74) is 3.27. The number of nitrogens with one attached hydrogen (secondary N) is 2. The van der Waals surface area contributed by atoms with E-state index in [-0.39, 0.29) is 24.1 Å². The number of carbonyl (C=O) groups is 3. The monoisotopic (exact) mass is 495 g/mol. The molecule has 1 fully saturated rings. The van der Waals surface area contributed by atoms with Crippen LogP contribution in [-0.2, 0) is 19.2 Å². The van der Waals surface area contributed by atoms with E-state index in [9.17, 15) is 19.5 Å². The minimum atomic E-state index is -0.704. The van der Waals surface area contributed by atoms with Crippen LogP contribution in [0.2, 0.25) is 0 Å². The van der Waals surface area contributed by atoms with Crippen LogP contribution in [0.4, 0.5) is 5.69 Å². The molecule has 1 heterocycles. The average Bonchev–Trinajstić information content (AvgIpc) is 3.65. The summed E-state index contributed by atoms with van der Waals surface area (Å²) in [5.74, 6) is -0.415. The van der Waals surface area contributed by atoms with Crippen LogP contribution in [0, 0.1) is 5.92 Å². The first-order chi connectivity index (χ1) is 17.3. The van der Waals surface area contributed by atoms with Crippen LogP contribution in [-0.4, -0.2) is 41.2 Å². The van der Waals surface area contributed by atoms with Gasteiger partial charge in [-0.1, -0.05) is 18.2 Å². The summed E-state index contributed by atoms with van der Waals surface area (Å²) in [4.78, 5) is 40.9. The van der Waals surface area contributed by atoms with Gasteiger partial charge in [0.1, 0.15) is 0 Å². The summed E-state index contributed by atoms with van der Waals surface area (Å²) < 4.78 is 12.6. The van der Waals surface area contributed by atoms with Gasteiger partial charge in [0, 0.05) is 24.4 Å². The third-order valence-corrected chi connectivity index (χ3v) is 5.94. The molecule has 10 nitrogen and oxygen atoms in total. The predicted octanol–water partition coefficient (Wildman–Crippen LogP) is 3.68. The number of fused-ring (bicyclic) bond motifs is 1. The molecule has 3 N–H and O–H groups in total. The zero-order valence-electron chi connectivity index (χ0n) is 20.4. The molecule has 0 aliphatic heterocycles. The van der Waals surface area contributed by atoms with Crippen molar-refractivity contribution in [3.05, 3.63) is 48.2 Å². The third kappa shape index (κ3) is 5.37. The number of nitrogens with zero attached hydrogens (tertiary/aromatic N) is 1. The molecular weight excluding hydrogens is 466 g/mol. The third-order valence-electron chi connectivity index (χ3n) is 5.94. The predicted molar refractivity (Wildman–Crippen MR) is 132 cm³/mol. The van der Waals surface area contributed by atoms with Crippen molar-refractivity contribution < 1.29 is 33.8 Å². The van der Waals surface area contributed by atoms with Crippen LogP contribution in [0.5, 0.6) is 17.4 Å². The second-order valence-electron chi connectivity index (χ2n) is 8.58. The lowest BCUT2D eigenvalue weighted by atomic mass is 10.0. The van der Waals surface area contributed by atoms with Gasteiger partial charge in [0.25, 0.3) is 5.91 Å². The van der Waals surface area contributed by atoms with Gasteiger partial charge in [-0.05, 0) is 43.5 Å². The van der Waals surface area contributed by atoms with Gasteiger partial charge in [-0.2, -0.15) is 5.48 Å². The number of hydroxylamine groups is 1. The second kappa shape index (κ2) is 10.6. The molecule has 0 unspecified atom stereocenters. The van der Waals surface area contributed by atoms with E-state index in [0.717, 1.165) is 12.8 Å². The van der Waals surface area contributed by atoms with E-state index < -0.39 is 17.9 Å². The number of rotatable bonds is 9. The highest BCUT2D eigenvalue weighted by molar-refractivity contribution is 6.06. The number of benzene rings is 2. The molecule has 1 atom stereocenters. The SMILES string of the molecule is CCOc1cc([C@@H](CC(=O)NOC(C)=O)n2cc3cccc(NC(=O)C4CC4)c3c2O)ccc1OC. The summed E-state index contributed by atoms with van der Waals surface area (Å²) in [6, 6.07) is 9.86. The van der Waals surface area contributed by atoms with Crippen molar-refractivity contribution in [1.29, 1.82) is 0 Å². The molecule has 1 aliphatic carbocycles. The Balaban J connectivity index is 1.77. The van der Waals surface area contributed by atoms with Crippen molar-refractivity contribution in [3.63, 3.8) is 0 Å². The molecule has 2 aromatic carbocycles. The Labute approximate surface area is 208 Å². The number of carbonyl (C=O) groups excluding carboxylic acids is 3.